The molecule has 0 aromatic carbocycles. The van der Waals surface area contributed by atoms with Crippen LogP contribution in [0, 0.1) is 0 Å². The normalized spacial score (nSPS) is 16.8. The fourth-order valence-corrected chi connectivity index (χ4v) is 2.75. The largest absolute Gasteiger partial charge is 0.337 e. The molecule has 5 nitrogen and oxygen atoms in total. The molecule has 1 aliphatic heterocycles. The number of carbonyl (C=O) groups is 2. The highest BCUT2D eigenvalue weighted by Gasteiger charge is 2.36. The highest BCUT2D eigenvalue weighted by molar-refractivity contribution is 8.29. The fourth-order valence-electron chi connectivity index (χ4n) is 1.86. The van der Waals surface area contributed by atoms with E-state index in [9.17, 15) is 9.59 Å². The molecule has 0 bridgehead atoms. The number of rotatable bonds is 9. The molecule has 0 fully saturated rings. The number of hydroxylamine groups is 2. The number of unbranched alkanes of at least 4 members (excludes halogenated alkanes) is 1. The minimum atomic E-state index is -1.13. The second kappa shape index (κ2) is 8.14. The summed E-state index contributed by atoms with van der Waals surface area (Å²) in [5.41, 5.74) is 0.461. The van der Waals surface area contributed by atoms with E-state index in [1.165, 1.54) is 12.2 Å². The van der Waals surface area contributed by atoms with E-state index < -0.39 is 22.1 Å². The van der Waals surface area contributed by atoms with Crippen LogP contribution in [0.4, 0.5) is 0 Å². The van der Waals surface area contributed by atoms with Crippen LogP contribution in [0.1, 0.15) is 33.6 Å². The van der Waals surface area contributed by atoms with Gasteiger partial charge < -0.3 is 4.18 Å². The molecule has 0 unspecified atom stereocenters. The standard InChI is InChI=1S/C18H29NO4S/c1-8-14-15(9-2)17(21)19(16(14)20)22-12-10-11-13-23-24(6,7)18(3,4)5/h8-9H,1-2,10-13H2,3-7H3. The third kappa shape index (κ3) is 4.59. The molecular weight excluding hydrogens is 326 g/mol. The van der Waals surface area contributed by atoms with E-state index in [2.05, 4.69) is 46.4 Å². The van der Waals surface area contributed by atoms with E-state index in [1.807, 2.05) is 0 Å². The first-order chi connectivity index (χ1) is 11.1. The van der Waals surface area contributed by atoms with Crippen LogP contribution in [-0.2, 0) is 18.6 Å². The average molecular weight is 356 g/mol. The van der Waals surface area contributed by atoms with Crippen molar-refractivity contribution in [2.24, 2.45) is 0 Å². The van der Waals surface area contributed by atoms with Gasteiger partial charge in [-0.3, -0.25) is 14.4 Å². The number of amides is 2. The maximum Gasteiger partial charge on any atom is 0.285 e. The van der Waals surface area contributed by atoms with Gasteiger partial charge >= 0.3 is 0 Å². The summed E-state index contributed by atoms with van der Waals surface area (Å²) < 4.78 is 6.15. The topological polar surface area (TPSA) is 55.8 Å². The van der Waals surface area contributed by atoms with E-state index in [0.29, 0.717) is 13.0 Å². The number of hydrogen-bond acceptors (Lipinski definition) is 4. The fraction of sp³-hybridized carbons (Fsp3) is 0.556. The van der Waals surface area contributed by atoms with Gasteiger partial charge in [0.2, 0.25) is 0 Å². The molecule has 0 radical (unpaired) electrons. The smallest absolute Gasteiger partial charge is 0.285 e. The van der Waals surface area contributed by atoms with Gasteiger partial charge in [0.05, 0.1) is 24.4 Å². The van der Waals surface area contributed by atoms with E-state index in [1.54, 1.807) is 0 Å². The average Bonchev–Trinajstić information content (AvgIpc) is 2.71. The van der Waals surface area contributed by atoms with Gasteiger partial charge in [0.1, 0.15) is 0 Å². The van der Waals surface area contributed by atoms with Gasteiger partial charge in [0, 0.05) is 4.75 Å². The van der Waals surface area contributed by atoms with Crippen LogP contribution in [0.15, 0.2) is 36.5 Å². The Morgan fingerprint density at radius 1 is 1.00 bits per heavy atom. The first kappa shape index (κ1) is 20.7. The molecule has 0 spiro atoms. The summed E-state index contributed by atoms with van der Waals surface area (Å²) in [5, 5.41) is 0.791. The Bertz CT molecular complexity index is 528. The van der Waals surface area contributed by atoms with Gasteiger partial charge in [-0.1, -0.05) is 46.1 Å². The lowest BCUT2D eigenvalue weighted by Gasteiger charge is -2.43. The molecule has 1 rings (SSSR count). The van der Waals surface area contributed by atoms with Crippen molar-refractivity contribution in [3.05, 3.63) is 36.5 Å². The monoisotopic (exact) mass is 355 g/mol. The lowest BCUT2D eigenvalue weighted by Crippen LogP contribution is -2.32. The van der Waals surface area contributed by atoms with Crippen molar-refractivity contribution in [1.82, 2.24) is 5.06 Å². The van der Waals surface area contributed by atoms with Crippen LogP contribution in [0.3, 0.4) is 0 Å². The van der Waals surface area contributed by atoms with Crippen molar-refractivity contribution < 1.29 is 18.6 Å². The van der Waals surface area contributed by atoms with Gasteiger partial charge in [-0.05, 0) is 25.4 Å². The minimum absolute atomic E-state index is 0.131. The summed E-state index contributed by atoms with van der Waals surface area (Å²) in [7, 11) is -1.13. The molecule has 0 N–H and O–H groups in total. The van der Waals surface area contributed by atoms with Crippen LogP contribution in [-0.4, -0.2) is 47.3 Å². The Kier molecular flexibility index (Phi) is 7.01. The van der Waals surface area contributed by atoms with Crippen molar-refractivity contribution in [2.45, 2.75) is 38.4 Å². The molecule has 0 saturated carbocycles. The maximum atomic E-state index is 12.1. The second-order valence-electron chi connectivity index (χ2n) is 6.85. The minimum Gasteiger partial charge on any atom is -0.337 e. The molecule has 0 atom stereocenters. The molecule has 0 aromatic rings. The Morgan fingerprint density at radius 3 is 1.88 bits per heavy atom. The zero-order valence-corrected chi connectivity index (χ0v) is 16.2. The summed E-state index contributed by atoms with van der Waals surface area (Å²) in [6.45, 7) is 14.5. The highest BCUT2D eigenvalue weighted by Crippen LogP contribution is 2.53. The van der Waals surface area contributed by atoms with Crippen molar-refractivity contribution in [1.29, 1.82) is 0 Å². The highest BCUT2D eigenvalue weighted by atomic mass is 32.3. The Labute approximate surface area is 146 Å². The SMILES string of the molecule is C=CC1=C(C=C)C(=O)N(OCCCCOS(C)(C)C(C)(C)C)C1=O. The molecule has 24 heavy (non-hydrogen) atoms. The summed E-state index contributed by atoms with van der Waals surface area (Å²) in [6.07, 6.45) is 8.52. The predicted octanol–water partition coefficient (Wildman–Crippen LogP) is 3.53. The quantitative estimate of drug-likeness (QED) is 0.469. The van der Waals surface area contributed by atoms with Gasteiger partial charge in [0.15, 0.2) is 0 Å². The Hall–Kier alpha value is -1.37. The zero-order chi connectivity index (χ0) is 18.5. The van der Waals surface area contributed by atoms with Gasteiger partial charge in [-0.15, -0.1) is 15.4 Å². The number of imide groups is 1. The van der Waals surface area contributed by atoms with Gasteiger partial charge in [-0.25, -0.2) is 0 Å². The second-order valence-corrected chi connectivity index (χ2v) is 10.8. The molecule has 0 aromatic heterocycles. The van der Waals surface area contributed by atoms with Crippen LogP contribution in [0.5, 0.6) is 0 Å². The number of carbonyl (C=O) groups excluding carboxylic acids is 2. The third-order valence-electron chi connectivity index (χ3n) is 4.14. The summed E-state index contributed by atoms with van der Waals surface area (Å²) in [4.78, 5) is 29.5. The lowest BCUT2D eigenvalue weighted by atomic mass is 10.1. The molecule has 6 heteroatoms. The van der Waals surface area contributed by atoms with Crippen molar-refractivity contribution in [2.75, 3.05) is 25.7 Å². The first-order valence-corrected chi connectivity index (χ1v) is 10.3. The van der Waals surface area contributed by atoms with E-state index >= 15 is 0 Å². The molecular formula is C18H29NO4S. The van der Waals surface area contributed by atoms with E-state index in [4.69, 9.17) is 9.02 Å². The first-order valence-electron chi connectivity index (χ1n) is 7.95. The van der Waals surface area contributed by atoms with Crippen LogP contribution in [0.2, 0.25) is 0 Å². The lowest BCUT2D eigenvalue weighted by molar-refractivity contribution is -0.186. The van der Waals surface area contributed by atoms with Crippen LogP contribution >= 0.6 is 10.3 Å². The molecule has 136 valence electrons. The van der Waals surface area contributed by atoms with Gasteiger partial charge in [0.25, 0.3) is 11.8 Å². The number of nitrogens with zero attached hydrogens (tertiary/aromatic N) is 1. The maximum absolute atomic E-state index is 12.1. The molecule has 0 saturated heterocycles. The van der Waals surface area contributed by atoms with Crippen molar-refractivity contribution in [3.63, 3.8) is 0 Å². The molecule has 0 aliphatic carbocycles. The molecule has 1 heterocycles. The molecule has 2 amide bonds. The third-order valence-corrected chi connectivity index (χ3v) is 7.85. The van der Waals surface area contributed by atoms with Crippen LogP contribution in [0.25, 0.3) is 0 Å². The zero-order valence-electron chi connectivity index (χ0n) is 15.4. The molecule has 1 aliphatic rings. The number of hydrogen-bond donors (Lipinski definition) is 0. The van der Waals surface area contributed by atoms with Gasteiger partial charge in [-0.2, -0.15) is 0 Å². The predicted molar refractivity (Wildman–Crippen MR) is 99.6 cm³/mol. The van der Waals surface area contributed by atoms with Crippen molar-refractivity contribution >= 4 is 22.1 Å². The Balaban J connectivity index is 2.38. The summed E-state index contributed by atoms with van der Waals surface area (Å²) in [6, 6.07) is 0. The van der Waals surface area contributed by atoms with Crippen molar-refractivity contribution in [3.8, 4) is 0 Å². The van der Waals surface area contributed by atoms with E-state index in [-0.39, 0.29) is 22.5 Å². The summed E-state index contributed by atoms with van der Waals surface area (Å²) in [5.74, 6) is -0.973. The van der Waals surface area contributed by atoms with Crippen LogP contribution < -0.4 is 0 Å². The Morgan fingerprint density at radius 2 is 1.46 bits per heavy atom. The summed E-state index contributed by atoms with van der Waals surface area (Å²) >= 11 is 0. The van der Waals surface area contributed by atoms with E-state index in [0.717, 1.165) is 11.5 Å².